The molecule has 1 aromatic heterocycles. The predicted octanol–water partition coefficient (Wildman–Crippen LogP) is 4.48. The van der Waals surface area contributed by atoms with Crippen LogP contribution in [-0.4, -0.2) is 46.6 Å². The van der Waals surface area contributed by atoms with Gasteiger partial charge in [0.05, 0.1) is 12.6 Å². The van der Waals surface area contributed by atoms with Gasteiger partial charge in [-0.25, -0.2) is 0 Å². The van der Waals surface area contributed by atoms with Crippen LogP contribution in [-0.2, 0) is 16.0 Å². The SMILES string of the molecule is CCCCN(CC(=O)N1CCc2sccc2[C@H]1c1ccccc1)C(=O)[C@@H](C)Cl. The van der Waals surface area contributed by atoms with Gasteiger partial charge in [-0.1, -0.05) is 43.7 Å². The highest BCUT2D eigenvalue weighted by Crippen LogP contribution is 2.37. The molecule has 0 aliphatic carbocycles. The van der Waals surface area contributed by atoms with Gasteiger partial charge in [-0.15, -0.1) is 22.9 Å². The first-order valence-electron chi connectivity index (χ1n) is 9.86. The molecule has 0 saturated carbocycles. The third kappa shape index (κ3) is 4.58. The number of hydrogen-bond acceptors (Lipinski definition) is 3. The van der Waals surface area contributed by atoms with E-state index in [1.165, 1.54) is 10.4 Å². The smallest absolute Gasteiger partial charge is 0.242 e. The summed E-state index contributed by atoms with van der Waals surface area (Å²) >= 11 is 7.78. The molecule has 0 radical (unpaired) electrons. The number of hydrogen-bond donors (Lipinski definition) is 0. The number of benzene rings is 1. The summed E-state index contributed by atoms with van der Waals surface area (Å²) in [7, 11) is 0. The number of nitrogens with zero attached hydrogens (tertiary/aromatic N) is 2. The molecular formula is C22H27ClN2O2S. The average Bonchev–Trinajstić information content (AvgIpc) is 3.19. The second kappa shape index (κ2) is 9.57. The Hall–Kier alpha value is -1.85. The fourth-order valence-electron chi connectivity index (χ4n) is 3.70. The first-order chi connectivity index (χ1) is 13.5. The van der Waals surface area contributed by atoms with Crippen LogP contribution >= 0.6 is 22.9 Å². The molecule has 2 amide bonds. The maximum Gasteiger partial charge on any atom is 0.242 e. The van der Waals surface area contributed by atoms with Crippen molar-refractivity contribution in [3.05, 3.63) is 57.8 Å². The van der Waals surface area contributed by atoms with Gasteiger partial charge in [-0.05, 0) is 42.3 Å². The van der Waals surface area contributed by atoms with Crippen LogP contribution < -0.4 is 0 Å². The van der Waals surface area contributed by atoms with Crippen LogP contribution in [0, 0.1) is 0 Å². The number of fused-ring (bicyclic) bond motifs is 1. The van der Waals surface area contributed by atoms with E-state index in [0.717, 1.165) is 24.8 Å². The molecule has 0 unspecified atom stereocenters. The predicted molar refractivity (Wildman–Crippen MR) is 115 cm³/mol. The van der Waals surface area contributed by atoms with Crippen LogP contribution in [0.3, 0.4) is 0 Å². The van der Waals surface area contributed by atoms with E-state index in [0.29, 0.717) is 13.1 Å². The van der Waals surface area contributed by atoms with Gasteiger partial charge in [0.25, 0.3) is 0 Å². The Morgan fingerprint density at radius 2 is 2.04 bits per heavy atom. The Kier molecular flexibility index (Phi) is 7.13. The molecule has 1 aliphatic rings. The molecule has 2 atom stereocenters. The molecule has 2 heterocycles. The third-order valence-corrected chi connectivity index (χ3v) is 6.34. The molecule has 0 N–H and O–H groups in total. The van der Waals surface area contributed by atoms with E-state index in [-0.39, 0.29) is 24.4 Å². The van der Waals surface area contributed by atoms with Crippen molar-refractivity contribution in [1.29, 1.82) is 0 Å². The highest BCUT2D eigenvalue weighted by Gasteiger charge is 2.34. The highest BCUT2D eigenvalue weighted by molar-refractivity contribution is 7.10. The number of alkyl halides is 1. The van der Waals surface area contributed by atoms with Crippen molar-refractivity contribution in [3.63, 3.8) is 0 Å². The van der Waals surface area contributed by atoms with Gasteiger partial charge in [0.2, 0.25) is 11.8 Å². The van der Waals surface area contributed by atoms with E-state index in [1.54, 1.807) is 23.2 Å². The summed E-state index contributed by atoms with van der Waals surface area (Å²) in [4.78, 5) is 30.7. The minimum Gasteiger partial charge on any atom is -0.332 e. The summed E-state index contributed by atoms with van der Waals surface area (Å²) in [5.74, 6) is -0.194. The maximum atomic E-state index is 13.3. The number of thiophene rings is 1. The number of carbonyl (C=O) groups is 2. The Bertz CT molecular complexity index is 806. The maximum absolute atomic E-state index is 13.3. The number of carbonyl (C=O) groups excluding carboxylic acids is 2. The van der Waals surface area contributed by atoms with Crippen molar-refractivity contribution >= 4 is 34.8 Å². The molecule has 2 aromatic rings. The van der Waals surface area contributed by atoms with Gasteiger partial charge in [-0.3, -0.25) is 9.59 Å². The second-order valence-electron chi connectivity index (χ2n) is 7.18. The summed E-state index contributed by atoms with van der Waals surface area (Å²) in [6.45, 7) is 5.05. The topological polar surface area (TPSA) is 40.6 Å². The molecule has 150 valence electrons. The highest BCUT2D eigenvalue weighted by atomic mass is 35.5. The summed E-state index contributed by atoms with van der Waals surface area (Å²) in [6, 6.07) is 12.2. The number of rotatable bonds is 7. The molecule has 1 aromatic carbocycles. The Balaban J connectivity index is 1.85. The molecule has 28 heavy (non-hydrogen) atoms. The summed E-state index contributed by atoms with van der Waals surface area (Å²) in [5, 5.41) is 1.47. The lowest BCUT2D eigenvalue weighted by Crippen LogP contribution is -2.48. The Labute approximate surface area is 176 Å². The van der Waals surface area contributed by atoms with Crippen LogP contribution in [0.1, 0.15) is 48.7 Å². The number of amides is 2. The summed E-state index contributed by atoms with van der Waals surface area (Å²) in [5.41, 5.74) is 2.31. The minimum atomic E-state index is -0.626. The van der Waals surface area contributed by atoms with Gasteiger partial charge < -0.3 is 9.80 Å². The van der Waals surface area contributed by atoms with Crippen LogP contribution in [0.4, 0.5) is 0 Å². The van der Waals surface area contributed by atoms with Crippen molar-refractivity contribution in [2.24, 2.45) is 0 Å². The lowest BCUT2D eigenvalue weighted by atomic mass is 9.93. The minimum absolute atomic E-state index is 0.0209. The lowest BCUT2D eigenvalue weighted by Gasteiger charge is -2.37. The standard InChI is InChI=1S/C22H27ClN2O2S/c1-3-4-12-24(22(27)16(2)23)15-20(26)25-13-10-19-18(11-14-28-19)21(25)17-8-6-5-7-9-17/h5-9,11,14,16,21H,3-4,10,12-13,15H2,1-2H3/t16-,21-/m1/s1. The van der Waals surface area contributed by atoms with Gasteiger partial charge in [0, 0.05) is 18.0 Å². The second-order valence-corrected chi connectivity index (χ2v) is 8.83. The first-order valence-corrected chi connectivity index (χ1v) is 11.2. The van der Waals surface area contributed by atoms with Crippen LogP contribution in [0.25, 0.3) is 0 Å². The number of halogens is 1. The van der Waals surface area contributed by atoms with Crippen molar-refractivity contribution in [2.45, 2.75) is 44.5 Å². The first kappa shape index (κ1) is 20.9. The molecule has 0 spiro atoms. The van der Waals surface area contributed by atoms with E-state index in [1.807, 2.05) is 23.1 Å². The molecule has 3 rings (SSSR count). The molecule has 0 bridgehead atoms. The molecular weight excluding hydrogens is 392 g/mol. The fourth-order valence-corrected chi connectivity index (χ4v) is 4.74. The van der Waals surface area contributed by atoms with Crippen LogP contribution in [0.5, 0.6) is 0 Å². The van der Waals surface area contributed by atoms with Crippen molar-refractivity contribution in [3.8, 4) is 0 Å². The summed E-state index contributed by atoms with van der Waals surface area (Å²) < 4.78 is 0. The van der Waals surface area contributed by atoms with E-state index in [2.05, 4.69) is 30.5 Å². The fraction of sp³-hybridized carbons (Fsp3) is 0.455. The third-order valence-electron chi connectivity index (χ3n) is 5.16. The van der Waals surface area contributed by atoms with E-state index in [4.69, 9.17) is 11.6 Å². The molecule has 4 nitrogen and oxygen atoms in total. The monoisotopic (exact) mass is 418 g/mol. The number of unbranched alkanes of at least 4 members (excludes halogenated alkanes) is 1. The quantitative estimate of drug-likeness (QED) is 0.622. The van der Waals surface area contributed by atoms with Gasteiger partial charge in [0.15, 0.2) is 0 Å². The normalized spacial score (nSPS) is 17.1. The van der Waals surface area contributed by atoms with E-state index < -0.39 is 5.38 Å². The molecule has 1 aliphatic heterocycles. The zero-order valence-electron chi connectivity index (χ0n) is 16.4. The van der Waals surface area contributed by atoms with Crippen molar-refractivity contribution in [2.75, 3.05) is 19.6 Å². The van der Waals surface area contributed by atoms with Crippen molar-refractivity contribution in [1.82, 2.24) is 9.80 Å². The lowest BCUT2D eigenvalue weighted by molar-refractivity contribution is -0.141. The van der Waals surface area contributed by atoms with E-state index >= 15 is 0 Å². The summed E-state index contributed by atoms with van der Waals surface area (Å²) in [6.07, 6.45) is 2.68. The molecule has 0 saturated heterocycles. The molecule has 6 heteroatoms. The zero-order chi connectivity index (χ0) is 20.1. The zero-order valence-corrected chi connectivity index (χ0v) is 18.0. The van der Waals surface area contributed by atoms with Gasteiger partial charge in [0.1, 0.15) is 5.38 Å². The van der Waals surface area contributed by atoms with Crippen LogP contribution in [0.15, 0.2) is 41.8 Å². The van der Waals surface area contributed by atoms with Crippen molar-refractivity contribution < 1.29 is 9.59 Å². The van der Waals surface area contributed by atoms with Crippen LogP contribution in [0.2, 0.25) is 0 Å². The largest absolute Gasteiger partial charge is 0.332 e. The Morgan fingerprint density at radius 1 is 1.29 bits per heavy atom. The Morgan fingerprint density at radius 3 is 2.71 bits per heavy atom. The van der Waals surface area contributed by atoms with Gasteiger partial charge in [-0.2, -0.15) is 0 Å². The van der Waals surface area contributed by atoms with E-state index in [9.17, 15) is 9.59 Å². The molecule has 0 fully saturated rings. The average molecular weight is 419 g/mol. The van der Waals surface area contributed by atoms with Gasteiger partial charge >= 0.3 is 0 Å².